The highest BCUT2D eigenvalue weighted by molar-refractivity contribution is 5.22. The predicted octanol–water partition coefficient (Wildman–Crippen LogP) is 3.78. The third-order valence-electron chi connectivity index (χ3n) is 4.97. The van der Waals surface area contributed by atoms with Crippen molar-refractivity contribution in [2.24, 2.45) is 0 Å². The number of benzene rings is 1. The topological polar surface area (TPSA) is 29.5 Å². The van der Waals surface area contributed by atoms with Crippen molar-refractivity contribution in [3.63, 3.8) is 0 Å². The van der Waals surface area contributed by atoms with Crippen molar-refractivity contribution in [3.8, 4) is 0 Å². The van der Waals surface area contributed by atoms with Crippen LogP contribution in [-0.4, -0.2) is 23.4 Å². The lowest BCUT2D eigenvalue weighted by atomic mass is 9.92. The van der Waals surface area contributed by atoms with Gasteiger partial charge in [-0.1, -0.05) is 31.0 Å². The molecule has 3 rings (SSSR count). The predicted molar refractivity (Wildman–Crippen MR) is 76.1 cm³/mol. The molecule has 2 aliphatic rings. The third kappa shape index (κ3) is 2.75. The molecule has 2 nitrogen and oxygen atoms in total. The summed E-state index contributed by atoms with van der Waals surface area (Å²) in [6.45, 7) is -0.0200. The Bertz CT molecular complexity index is 454. The Morgan fingerprint density at radius 3 is 2.70 bits per heavy atom. The monoisotopic (exact) mass is 278 g/mol. The maximum atomic E-state index is 13.8. The number of halogens is 1. The van der Waals surface area contributed by atoms with Gasteiger partial charge in [-0.3, -0.25) is 0 Å². The van der Waals surface area contributed by atoms with E-state index in [4.69, 9.17) is 4.74 Å². The van der Waals surface area contributed by atoms with E-state index in [1.165, 1.54) is 31.7 Å². The van der Waals surface area contributed by atoms with Crippen LogP contribution in [0.2, 0.25) is 0 Å². The quantitative estimate of drug-likeness (QED) is 0.908. The van der Waals surface area contributed by atoms with Crippen LogP contribution in [-0.2, 0) is 4.74 Å². The summed E-state index contributed by atoms with van der Waals surface area (Å²) < 4.78 is 20.1. The molecule has 1 aliphatic heterocycles. The van der Waals surface area contributed by atoms with Crippen LogP contribution in [0.3, 0.4) is 0 Å². The molecule has 1 saturated heterocycles. The smallest absolute Gasteiger partial charge is 0.126 e. The van der Waals surface area contributed by atoms with Gasteiger partial charge in [0.2, 0.25) is 0 Å². The largest absolute Gasteiger partial charge is 0.396 e. The number of ether oxygens (including phenoxy) is 1. The van der Waals surface area contributed by atoms with E-state index in [1.807, 2.05) is 6.07 Å². The summed E-state index contributed by atoms with van der Waals surface area (Å²) in [6.07, 6.45) is 7.95. The first-order valence-corrected chi connectivity index (χ1v) is 7.75. The zero-order valence-corrected chi connectivity index (χ0v) is 11.9. The normalized spacial score (nSPS) is 26.2. The van der Waals surface area contributed by atoms with Crippen molar-refractivity contribution < 1.29 is 14.2 Å². The Morgan fingerprint density at radius 2 is 2.00 bits per heavy atom. The molecule has 1 N–H and O–H groups in total. The molecule has 1 spiro atoms. The lowest BCUT2D eigenvalue weighted by Crippen LogP contribution is -2.26. The standard InChI is InChI=1S/C17H23FO2/c18-16-6-2-1-5-15(16)13(12-19)11-14-7-10-17(20-14)8-3-4-9-17/h1-2,5-6,13-14,19H,3-4,7-12H2. The first-order valence-electron chi connectivity index (χ1n) is 7.75. The van der Waals surface area contributed by atoms with E-state index in [0.717, 1.165) is 19.3 Å². The fourth-order valence-corrected chi connectivity index (χ4v) is 3.87. The van der Waals surface area contributed by atoms with E-state index in [0.29, 0.717) is 5.56 Å². The molecule has 1 aromatic carbocycles. The molecule has 0 bridgehead atoms. The van der Waals surface area contributed by atoms with Crippen LogP contribution in [0.4, 0.5) is 4.39 Å². The molecule has 3 heteroatoms. The van der Waals surface area contributed by atoms with E-state index < -0.39 is 0 Å². The summed E-state index contributed by atoms with van der Waals surface area (Å²) in [4.78, 5) is 0. The molecule has 1 aromatic rings. The van der Waals surface area contributed by atoms with Crippen LogP contribution in [0.1, 0.15) is 56.4 Å². The fraction of sp³-hybridized carbons (Fsp3) is 0.647. The Kier molecular flexibility index (Phi) is 4.08. The van der Waals surface area contributed by atoms with E-state index in [1.54, 1.807) is 12.1 Å². The molecule has 1 saturated carbocycles. The molecule has 2 fully saturated rings. The van der Waals surface area contributed by atoms with Crippen LogP contribution < -0.4 is 0 Å². The van der Waals surface area contributed by atoms with Gasteiger partial charge >= 0.3 is 0 Å². The number of aliphatic hydroxyl groups excluding tert-OH is 1. The van der Waals surface area contributed by atoms with E-state index in [9.17, 15) is 9.50 Å². The van der Waals surface area contributed by atoms with Gasteiger partial charge < -0.3 is 9.84 Å². The fourth-order valence-electron chi connectivity index (χ4n) is 3.87. The van der Waals surface area contributed by atoms with Gasteiger partial charge in [0, 0.05) is 5.92 Å². The first kappa shape index (κ1) is 14.0. The number of hydrogen-bond acceptors (Lipinski definition) is 2. The van der Waals surface area contributed by atoms with Crippen molar-refractivity contribution in [1.29, 1.82) is 0 Å². The van der Waals surface area contributed by atoms with Gasteiger partial charge in [-0.15, -0.1) is 0 Å². The molecule has 1 aliphatic carbocycles. The minimum Gasteiger partial charge on any atom is -0.396 e. The summed E-state index contributed by atoms with van der Waals surface area (Å²) >= 11 is 0. The van der Waals surface area contributed by atoms with E-state index in [2.05, 4.69) is 0 Å². The van der Waals surface area contributed by atoms with Gasteiger partial charge in [0.05, 0.1) is 18.3 Å². The minimum atomic E-state index is -0.222. The van der Waals surface area contributed by atoms with Crippen molar-refractivity contribution in [2.45, 2.75) is 62.6 Å². The molecule has 0 radical (unpaired) electrons. The molecule has 0 amide bonds. The van der Waals surface area contributed by atoms with E-state index in [-0.39, 0.29) is 30.0 Å². The molecule has 20 heavy (non-hydrogen) atoms. The molecule has 2 atom stereocenters. The summed E-state index contributed by atoms with van der Waals surface area (Å²) in [7, 11) is 0. The Balaban J connectivity index is 1.66. The highest BCUT2D eigenvalue weighted by Gasteiger charge is 2.42. The molecule has 110 valence electrons. The Morgan fingerprint density at radius 1 is 1.25 bits per heavy atom. The third-order valence-corrected chi connectivity index (χ3v) is 4.97. The maximum absolute atomic E-state index is 13.8. The number of aliphatic hydroxyl groups is 1. The van der Waals surface area contributed by atoms with Gasteiger partial charge in [-0.05, 0) is 43.7 Å². The van der Waals surface area contributed by atoms with Crippen molar-refractivity contribution in [1.82, 2.24) is 0 Å². The molecular formula is C17H23FO2. The minimum absolute atomic E-state index is 0.0200. The van der Waals surface area contributed by atoms with Gasteiger partial charge in [-0.2, -0.15) is 0 Å². The number of rotatable bonds is 4. The van der Waals surface area contributed by atoms with Gasteiger partial charge in [0.15, 0.2) is 0 Å². The van der Waals surface area contributed by atoms with Crippen LogP contribution in [0.15, 0.2) is 24.3 Å². The van der Waals surface area contributed by atoms with Gasteiger partial charge in [0.1, 0.15) is 5.82 Å². The highest BCUT2D eigenvalue weighted by Crippen LogP contribution is 2.45. The maximum Gasteiger partial charge on any atom is 0.126 e. The van der Waals surface area contributed by atoms with E-state index >= 15 is 0 Å². The van der Waals surface area contributed by atoms with Crippen molar-refractivity contribution in [3.05, 3.63) is 35.6 Å². The van der Waals surface area contributed by atoms with Crippen LogP contribution in [0, 0.1) is 5.82 Å². The summed E-state index contributed by atoms with van der Waals surface area (Å²) in [5, 5.41) is 9.60. The lowest BCUT2D eigenvalue weighted by molar-refractivity contribution is -0.0428. The summed E-state index contributed by atoms with van der Waals surface area (Å²) in [6, 6.07) is 6.75. The second kappa shape index (κ2) is 5.82. The molecule has 0 aromatic heterocycles. The molecule has 1 heterocycles. The van der Waals surface area contributed by atoms with Crippen molar-refractivity contribution >= 4 is 0 Å². The van der Waals surface area contributed by atoms with Gasteiger partial charge in [-0.25, -0.2) is 4.39 Å². The lowest BCUT2D eigenvalue weighted by Gasteiger charge is -2.25. The van der Waals surface area contributed by atoms with Gasteiger partial charge in [0.25, 0.3) is 0 Å². The zero-order chi connectivity index (χ0) is 14.0. The molecular weight excluding hydrogens is 255 g/mol. The van der Waals surface area contributed by atoms with Crippen LogP contribution >= 0.6 is 0 Å². The second-order valence-corrected chi connectivity index (χ2v) is 6.31. The molecule has 2 unspecified atom stereocenters. The average Bonchev–Trinajstić information content (AvgIpc) is 3.08. The second-order valence-electron chi connectivity index (χ2n) is 6.31. The first-order chi connectivity index (χ1) is 9.72. The highest BCUT2D eigenvalue weighted by atomic mass is 19.1. The Labute approximate surface area is 120 Å². The van der Waals surface area contributed by atoms with Crippen LogP contribution in [0.5, 0.6) is 0 Å². The summed E-state index contributed by atoms with van der Waals surface area (Å²) in [5.74, 6) is -0.377. The van der Waals surface area contributed by atoms with Crippen LogP contribution in [0.25, 0.3) is 0 Å². The zero-order valence-electron chi connectivity index (χ0n) is 11.9. The van der Waals surface area contributed by atoms with Crippen molar-refractivity contribution in [2.75, 3.05) is 6.61 Å². The summed E-state index contributed by atoms with van der Waals surface area (Å²) in [5.41, 5.74) is 0.728. The average molecular weight is 278 g/mol. The number of hydrogen-bond donors (Lipinski definition) is 1. The Hall–Kier alpha value is -0.930. The SMILES string of the molecule is OCC(CC1CCC2(CCCC2)O1)c1ccccc1F.